The second-order valence-corrected chi connectivity index (χ2v) is 7.35. The normalized spacial score (nSPS) is 16.3. The van der Waals surface area contributed by atoms with Crippen molar-refractivity contribution in [2.24, 2.45) is 5.92 Å². The lowest BCUT2D eigenvalue weighted by Gasteiger charge is -2.33. The zero-order valence-electron chi connectivity index (χ0n) is 13.9. The Labute approximate surface area is 141 Å². The lowest BCUT2D eigenvalue weighted by atomic mass is 9.97. The third-order valence-electron chi connectivity index (χ3n) is 3.78. The Bertz CT molecular complexity index is 552. The fourth-order valence-electron chi connectivity index (χ4n) is 2.53. The maximum absolute atomic E-state index is 13.7. The number of benzene rings is 1. The molecule has 1 aromatic rings. The Kier molecular flexibility index (Phi) is 5.74. The molecule has 1 N–H and O–H groups in total. The van der Waals surface area contributed by atoms with Crippen LogP contribution in [0, 0.1) is 11.7 Å². The SMILES string of the molecule is CC(C)(C)OC(=O)N1CCC(CNc2cc(Cl)ccc2F)CC1. The molecule has 23 heavy (non-hydrogen) atoms. The minimum absolute atomic E-state index is 0.259. The third-order valence-corrected chi connectivity index (χ3v) is 4.01. The van der Waals surface area contributed by atoms with Crippen molar-refractivity contribution in [2.75, 3.05) is 25.0 Å². The Hall–Kier alpha value is -1.49. The number of hydrogen-bond acceptors (Lipinski definition) is 3. The number of likely N-dealkylation sites (tertiary alicyclic amines) is 1. The van der Waals surface area contributed by atoms with Crippen molar-refractivity contribution in [3.8, 4) is 0 Å². The van der Waals surface area contributed by atoms with Gasteiger partial charge in [-0.3, -0.25) is 0 Å². The van der Waals surface area contributed by atoms with Crippen molar-refractivity contribution in [1.29, 1.82) is 0 Å². The van der Waals surface area contributed by atoms with Crippen LogP contribution in [0.2, 0.25) is 5.02 Å². The molecule has 1 aliphatic rings. The zero-order valence-corrected chi connectivity index (χ0v) is 14.6. The molecule has 0 aromatic heterocycles. The van der Waals surface area contributed by atoms with E-state index < -0.39 is 5.60 Å². The van der Waals surface area contributed by atoms with Crippen molar-refractivity contribution >= 4 is 23.4 Å². The fraction of sp³-hybridized carbons (Fsp3) is 0.588. The highest BCUT2D eigenvalue weighted by molar-refractivity contribution is 6.30. The smallest absolute Gasteiger partial charge is 0.410 e. The first kappa shape index (κ1) is 17.9. The Morgan fingerprint density at radius 3 is 2.65 bits per heavy atom. The van der Waals surface area contributed by atoms with E-state index in [-0.39, 0.29) is 11.9 Å². The summed E-state index contributed by atoms with van der Waals surface area (Å²) in [7, 11) is 0. The number of anilines is 1. The summed E-state index contributed by atoms with van der Waals surface area (Å²) in [5, 5.41) is 3.62. The molecule has 1 aliphatic heterocycles. The Morgan fingerprint density at radius 2 is 2.04 bits per heavy atom. The molecular weight excluding hydrogens is 319 g/mol. The molecule has 1 amide bonds. The molecule has 0 bridgehead atoms. The van der Waals surface area contributed by atoms with E-state index in [9.17, 15) is 9.18 Å². The van der Waals surface area contributed by atoms with E-state index in [1.165, 1.54) is 12.1 Å². The topological polar surface area (TPSA) is 41.6 Å². The van der Waals surface area contributed by atoms with Gasteiger partial charge in [-0.1, -0.05) is 11.6 Å². The molecule has 0 atom stereocenters. The van der Waals surface area contributed by atoms with Crippen molar-refractivity contribution in [3.63, 3.8) is 0 Å². The van der Waals surface area contributed by atoms with Gasteiger partial charge < -0.3 is 15.0 Å². The second-order valence-electron chi connectivity index (χ2n) is 6.92. The van der Waals surface area contributed by atoms with Gasteiger partial charge in [-0.2, -0.15) is 0 Å². The molecule has 4 nitrogen and oxygen atoms in total. The minimum Gasteiger partial charge on any atom is -0.444 e. The molecule has 128 valence electrons. The van der Waals surface area contributed by atoms with Gasteiger partial charge in [0.15, 0.2) is 0 Å². The first-order chi connectivity index (χ1) is 10.7. The lowest BCUT2D eigenvalue weighted by Crippen LogP contribution is -2.42. The van der Waals surface area contributed by atoms with E-state index in [4.69, 9.17) is 16.3 Å². The predicted molar refractivity (Wildman–Crippen MR) is 90.4 cm³/mol. The van der Waals surface area contributed by atoms with Crippen molar-refractivity contribution in [1.82, 2.24) is 4.90 Å². The van der Waals surface area contributed by atoms with Gasteiger partial charge in [0.1, 0.15) is 11.4 Å². The molecule has 0 spiro atoms. The van der Waals surface area contributed by atoms with Crippen molar-refractivity contribution < 1.29 is 13.9 Å². The summed E-state index contributed by atoms with van der Waals surface area (Å²) in [5.74, 6) is 0.0904. The third kappa shape index (κ3) is 5.57. The van der Waals surface area contributed by atoms with E-state index in [1.54, 1.807) is 11.0 Å². The summed E-state index contributed by atoms with van der Waals surface area (Å²) in [4.78, 5) is 13.7. The maximum atomic E-state index is 13.7. The van der Waals surface area contributed by atoms with Crippen LogP contribution in [0.1, 0.15) is 33.6 Å². The van der Waals surface area contributed by atoms with Crippen LogP contribution in [0.3, 0.4) is 0 Å². The monoisotopic (exact) mass is 342 g/mol. The van der Waals surface area contributed by atoms with Gasteiger partial charge >= 0.3 is 6.09 Å². The highest BCUT2D eigenvalue weighted by Crippen LogP contribution is 2.23. The second kappa shape index (κ2) is 7.39. The molecule has 1 heterocycles. The standard InChI is InChI=1S/C17H24ClFN2O2/c1-17(2,3)23-16(22)21-8-6-12(7-9-21)11-20-15-10-13(18)4-5-14(15)19/h4-5,10,12,20H,6-9,11H2,1-3H3. The number of nitrogens with zero attached hydrogens (tertiary/aromatic N) is 1. The molecule has 1 saturated heterocycles. The van der Waals surface area contributed by atoms with Gasteiger partial charge in [0.2, 0.25) is 0 Å². The lowest BCUT2D eigenvalue weighted by molar-refractivity contribution is 0.0188. The predicted octanol–water partition coefficient (Wildman–Crippen LogP) is 4.54. The highest BCUT2D eigenvalue weighted by Gasteiger charge is 2.26. The van der Waals surface area contributed by atoms with Crippen LogP contribution in [0.15, 0.2) is 18.2 Å². The van der Waals surface area contributed by atoms with Crippen LogP contribution in [0.4, 0.5) is 14.9 Å². The van der Waals surface area contributed by atoms with Gasteiger partial charge in [0.25, 0.3) is 0 Å². The Morgan fingerprint density at radius 1 is 1.39 bits per heavy atom. The molecule has 0 aliphatic carbocycles. The number of nitrogens with one attached hydrogen (secondary N) is 1. The minimum atomic E-state index is -0.473. The molecule has 6 heteroatoms. The number of ether oxygens (including phenoxy) is 1. The molecule has 2 rings (SSSR count). The van der Waals surface area contributed by atoms with Crippen LogP contribution >= 0.6 is 11.6 Å². The van der Waals surface area contributed by atoms with Crippen LogP contribution < -0.4 is 5.32 Å². The van der Waals surface area contributed by atoms with E-state index in [1.807, 2.05) is 20.8 Å². The molecule has 1 fully saturated rings. The summed E-state index contributed by atoms with van der Waals surface area (Å²) < 4.78 is 19.0. The fourth-order valence-corrected chi connectivity index (χ4v) is 2.71. The molecule has 0 unspecified atom stereocenters. The number of carbonyl (C=O) groups is 1. The Balaban J connectivity index is 1.79. The molecule has 0 saturated carbocycles. The number of piperidine rings is 1. The quantitative estimate of drug-likeness (QED) is 0.876. The summed E-state index contributed by atoms with van der Waals surface area (Å²) in [6.45, 7) is 7.58. The average Bonchev–Trinajstić information content (AvgIpc) is 2.47. The zero-order chi connectivity index (χ0) is 17.0. The van der Waals surface area contributed by atoms with Crippen molar-refractivity contribution in [3.05, 3.63) is 29.0 Å². The average molecular weight is 343 g/mol. The van der Waals surface area contributed by atoms with Gasteiger partial charge in [-0.25, -0.2) is 9.18 Å². The molecule has 0 radical (unpaired) electrons. The molecular formula is C17H24ClFN2O2. The van der Waals surface area contributed by atoms with Gasteiger partial charge in [0, 0.05) is 24.7 Å². The first-order valence-electron chi connectivity index (χ1n) is 7.91. The molecule has 1 aromatic carbocycles. The van der Waals surface area contributed by atoms with Gasteiger partial charge in [-0.05, 0) is 57.7 Å². The van der Waals surface area contributed by atoms with Crippen LogP contribution in [-0.4, -0.2) is 36.2 Å². The van der Waals surface area contributed by atoms with E-state index in [2.05, 4.69) is 5.32 Å². The first-order valence-corrected chi connectivity index (χ1v) is 8.29. The number of amides is 1. The summed E-state index contributed by atoms with van der Waals surface area (Å²) >= 11 is 5.88. The summed E-state index contributed by atoms with van der Waals surface area (Å²) in [5.41, 5.74) is -0.0494. The van der Waals surface area contributed by atoms with Crippen LogP contribution in [0.25, 0.3) is 0 Å². The van der Waals surface area contributed by atoms with E-state index in [0.29, 0.717) is 36.3 Å². The maximum Gasteiger partial charge on any atom is 0.410 e. The largest absolute Gasteiger partial charge is 0.444 e. The number of carbonyl (C=O) groups excluding carboxylic acids is 1. The van der Waals surface area contributed by atoms with Crippen LogP contribution in [-0.2, 0) is 4.74 Å². The van der Waals surface area contributed by atoms with Gasteiger partial charge in [-0.15, -0.1) is 0 Å². The van der Waals surface area contributed by atoms with Gasteiger partial charge in [0.05, 0.1) is 5.69 Å². The highest BCUT2D eigenvalue weighted by atomic mass is 35.5. The number of hydrogen-bond donors (Lipinski definition) is 1. The summed E-state index contributed by atoms with van der Waals surface area (Å²) in [6, 6.07) is 4.48. The number of halogens is 2. The van der Waals surface area contributed by atoms with E-state index in [0.717, 1.165) is 12.8 Å². The van der Waals surface area contributed by atoms with Crippen LogP contribution in [0.5, 0.6) is 0 Å². The van der Waals surface area contributed by atoms with Crippen molar-refractivity contribution in [2.45, 2.75) is 39.2 Å². The number of rotatable bonds is 3. The summed E-state index contributed by atoms with van der Waals surface area (Å²) in [6.07, 6.45) is 1.48. The van der Waals surface area contributed by atoms with E-state index >= 15 is 0 Å².